The van der Waals surface area contributed by atoms with E-state index in [2.05, 4.69) is 4.98 Å². The summed E-state index contributed by atoms with van der Waals surface area (Å²) >= 11 is 0. The van der Waals surface area contributed by atoms with Crippen molar-refractivity contribution in [1.29, 1.82) is 0 Å². The van der Waals surface area contributed by atoms with Gasteiger partial charge in [0.05, 0.1) is 17.6 Å². The first-order valence-corrected chi connectivity index (χ1v) is 7.78. The molecule has 11 heteroatoms. The summed E-state index contributed by atoms with van der Waals surface area (Å²) in [6, 6.07) is 1.42. The molecular formula is C13H12N3O6PbS-. The second kappa shape index (κ2) is 6.74. The molecule has 126 valence electrons. The third kappa shape index (κ3) is 2.60. The van der Waals surface area contributed by atoms with Gasteiger partial charge in [0.15, 0.2) is 0 Å². The Hall–Kier alpha value is -1.57. The van der Waals surface area contributed by atoms with E-state index >= 15 is 0 Å². The van der Waals surface area contributed by atoms with E-state index in [0.29, 0.717) is 12.8 Å². The molecule has 1 aliphatic rings. The van der Waals surface area contributed by atoms with E-state index in [0.717, 1.165) is 16.6 Å². The second-order valence-electron chi connectivity index (χ2n) is 5.30. The smallest absolute Gasteiger partial charge is 0.316 e. The van der Waals surface area contributed by atoms with Crippen molar-refractivity contribution in [3.63, 3.8) is 0 Å². The normalized spacial score (nSPS) is 15.6. The molecule has 24 heavy (non-hydrogen) atoms. The van der Waals surface area contributed by atoms with Gasteiger partial charge in [0.25, 0.3) is 5.69 Å². The van der Waals surface area contributed by atoms with Crippen molar-refractivity contribution in [2.75, 3.05) is 7.11 Å². The maximum Gasteiger partial charge on any atom is 0.316 e. The topological polar surface area (TPSA) is 121 Å². The number of hydrogen-bond donors (Lipinski definition) is 0. The number of ether oxygens (including phenoxy) is 1. The van der Waals surface area contributed by atoms with E-state index in [1.165, 1.54) is 19.4 Å². The molecule has 0 spiro atoms. The van der Waals surface area contributed by atoms with E-state index in [9.17, 15) is 23.3 Å². The molecule has 9 nitrogen and oxygen atoms in total. The monoisotopic (exact) mass is 546 g/mol. The Kier molecular flexibility index (Phi) is 5.27. The molecule has 0 aromatic carbocycles. The van der Waals surface area contributed by atoms with Crippen LogP contribution in [0.4, 0.5) is 5.69 Å². The van der Waals surface area contributed by atoms with Crippen molar-refractivity contribution >= 4 is 60.9 Å². The Balaban J connectivity index is 0.00000208. The zero-order valence-corrected chi connectivity index (χ0v) is 17.3. The number of hydrogen-bond acceptors (Lipinski definition) is 8. The van der Waals surface area contributed by atoms with E-state index in [4.69, 9.17) is 4.74 Å². The number of carbonyl (C=O) groups excluding carboxylic acids is 1. The van der Waals surface area contributed by atoms with Crippen LogP contribution in [-0.4, -0.2) is 54.3 Å². The number of esters is 1. The largest absolute Gasteiger partial charge is 0.468 e. The molecule has 1 saturated carbocycles. The first-order chi connectivity index (χ1) is 10.9. The summed E-state index contributed by atoms with van der Waals surface area (Å²) in [5.41, 5.74) is -1.21. The zero-order valence-electron chi connectivity index (χ0n) is 12.6. The van der Waals surface area contributed by atoms with Crippen LogP contribution >= 0.6 is 0 Å². The Bertz CT molecular complexity index is 894. The molecule has 3 rings (SSSR count). The third-order valence-electron chi connectivity index (χ3n) is 4.28. The van der Waals surface area contributed by atoms with Crippen molar-refractivity contribution < 1.29 is 22.9 Å². The van der Waals surface area contributed by atoms with Gasteiger partial charge in [0.2, 0.25) is 0 Å². The van der Waals surface area contributed by atoms with Crippen LogP contribution in [0.1, 0.15) is 24.8 Å². The van der Waals surface area contributed by atoms with Crippen LogP contribution in [0.25, 0.3) is 11.0 Å². The van der Waals surface area contributed by atoms with Crippen LogP contribution in [0.15, 0.2) is 18.5 Å². The van der Waals surface area contributed by atoms with E-state index in [1.54, 1.807) is 0 Å². The van der Waals surface area contributed by atoms with Gasteiger partial charge in [0, 0.05) is 43.6 Å². The maximum atomic E-state index is 12.3. The zero-order chi connectivity index (χ0) is 16.8. The third-order valence-corrected chi connectivity index (χ3v) is 4.90. The van der Waals surface area contributed by atoms with Crippen LogP contribution in [0, 0.1) is 10.1 Å². The molecule has 2 heterocycles. The molecule has 0 aliphatic heterocycles. The van der Waals surface area contributed by atoms with Gasteiger partial charge in [-0.25, -0.2) is 4.98 Å². The fourth-order valence-electron chi connectivity index (χ4n) is 3.10. The molecule has 0 unspecified atom stereocenters. The van der Waals surface area contributed by atoms with Crippen LogP contribution in [0.2, 0.25) is 0 Å². The number of rotatable bonds is 4. The Morgan fingerprint density at radius 3 is 2.58 bits per heavy atom. The number of fused-ring (bicyclic) bond motifs is 1. The second-order valence-corrected chi connectivity index (χ2v) is 6.13. The van der Waals surface area contributed by atoms with Crippen molar-refractivity contribution in [3.8, 4) is 0 Å². The number of methoxy groups -OCH3 is 1. The van der Waals surface area contributed by atoms with E-state index in [1.807, 2.05) is 0 Å². The Morgan fingerprint density at radius 2 is 2.12 bits per heavy atom. The van der Waals surface area contributed by atoms with Gasteiger partial charge in [-0.3, -0.25) is 14.9 Å². The molecule has 1 aliphatic carbocycles. The predicted molar refractivity (Wildman–Crippen MR) is 83.8 cm³/mol. The molecule has 0 saturated heterocycles. The Morgan fingerprint density at radius 1 is 1.46 bits per heavy atom. The van der Waals surface area contributed by atoms with E-state index in [-0.39, 0.29) is 49.6 Å². The van der Waals surface area contributed by atoms with Gasteiger partial charge in [-0.15, -0.1) is 0 Å². The molecule has 0 atom stereocenters. The van der Waals surface area contributed by atoms with Crippen molar-refractivity contribution in [3.05, 3.63) is 34.1 Å². The van der Waals surface area contributed by atoms with Gasteiger partial charge < -0.3 is 17.1 Å². The molecule has 2 aromatic rings. The molecule has 0 amide bonds. The van der Waals surface area contributed by atoms with Gasteiger partial charge in [-0.1, -0.05) is 6.42 Å². The summed E-state index contributed by atoms with van der Waals surface area (Å²) in [7, 11) is -1.38. The Labute approximate surface area is 158 Å². The summed E-state index contributed by atoms with van der Waals surface area (Å²) < 4.78 is 28.2. The van der Waals surface area contributed by atoms with Gasteiger partial charge in [-0.2, -0.15) is 0 Å². The molecule has 1 fully saturated rings. The summed E-state index contributed by atoms with van der Waals surface area (Å²) in [6.07, 6.45) is 3.78. The summed E-state index contributed by atoms with van der Waals surface area (Å²) in [5.74, 6) is -0.560. The van der Waals surface area contributed by atoms with Crippen LogP contribution in [0.3, 0.4) is 0 Å². The van der Waals surface area contributed by atoms with Crippen molar-refractivity contribution in [2.24, 2.45) is 0 Å². The standard InChI is InChI=1S/C13H12N3O6S.Pb/c1-22-12(17)13(4-2-5-13)10-8-3-6-15(23(20)21)11(8)14-7-9(10)16(18)19;/h3,6-7H,2,4-5H2,1H3;/q-1;. The number of nitrogens with zero attached hydrogens (tertiary/aromatic N) is 3. The number of pyridine rings is 1. The van der Waals surface area contributed by atoms with Gasteiger partial charge in [-0.05, 0) is 25.1 Å². The van der Waals surface area contributed by atoms with Crippen molar-refractivity contribution in [2.45, 2.75) is 24.7 Å². The SMILES string of the molecule is COC(=O)C1(c2c([N+](=O)[O-])cnc3c2ccn3[S-](=O)=O)CCC1.[Pb]. The molecule has 0 bridgehead atoms. The fraction of sp³-hybridized carbons (Fsp3) is 0.385. The molecule has 0 N–H and O–H groups in total. The minimum atomic E-state index is -2.60. The van der Waals surface area contributed by atoms with Gasteiger partial charge in [0.1, 0.15) is 17.3 Å². The minimum absolute atomic E-state index is 0. The van der Waals surface area contributed by atoms with Crippen LogP contribution < -0.4 is 0 Å². The number of aromatic nitrogens is 2. The molecule has 2 aromatic heterocycles. The van der Waals surface area contributed by atoms with E-state index < -0.39 is 27.2 Å². The first-order valence-electron chi connectivity index (χ1n) is 6.75. The molecular weight excluding hydrogens is 533 g/mol. The summed E-state index contributed by atoms with van der Waals surface area (Å²) in [5, 5.41) is 11.7. The fourth-order valence-corrected chi connectivity index (χ4v) is 3.54. The average molecular weight is 546 g/mol. The maximum absolute atomic E-state index is 12.3. The minimum Gasteiger partial charge on any atom is -0.468 e. The predicted octanol–water partition coefficient (Wildman–Crippen LogP) is 1.23. The van der Waals surface area contributed by atoms with Crippen molar-refractivity contribution in [1.82, 2.24) is 8.96 Å². The quantitative estimate of drug-likeness (QED) is 0.186. The molecule has 4 radical (unpaired) electrons. The number of nitro groups is 1. The number of carbonyl (C=O) groups is 1. The summed E-state index contributed by atoms with van der Waals surface area (Å²) in [6.45, 7) is 0. The average Bonchev–Trinajstić information content (AvgIpc) is 2.89. The summed E-state index contributed by atoms with van der Waals surface area (Å²) in [4.78, 5) is 26.9. The van der Waals surface area contributed by atoms with Gasteiger partial charge >= 0.3 is 5.97 Å². The van der Waals surface area contributed by atoms with Crippen LogP contribution in [-0.2, 0) is 34.3 Å². The van der Waals surface area contributed by atoms with Crippen LogP contribution in [0.5, 0.6) is 0 Å². The first kappa shape index (κ1) is 18.8.